The van der Waals surface area contributed by atoms with Crippen LogP contribution in [0.1, 0.15) is 61.6 Å². The fourth-order valence-electron chi connectivity index (χ4n) is 5.09. The van der Waals surface area contributed by atoms with E-state index in [0.717, 1.165) is 41.4 Å². The number of hydrogen-bond acceptors (Lipinski definition) is 1. The number of ether oxygens (including phenoxy) is 1. The molecule has 1 atom stereocenters. The molecule has 0 heterocycles. The minimum absolute atomic E-state index is 0.206. The molecule has 0 radical (unpaired) electrons. The van der Waals surface area contributed by atoms with Crippen molar-refractivity contribution >= 4 is 0 Å². The summed E-state index contributed by atoms with van der Waals surface area (Å²) < 4.78 is 54.1. The van der Waals surface area contributed by atoms with Crippen LogP contribution in [0.5, 0.6) is 5.75 Å². The van der Waals surface area contributed by atoms with Crippen molar-refractivity contribution in [2.24, 2.45) is 11.8 Å². The predicted molar refractivity (Wildman–Crippen MR) is 149 cm³/mol. The SMILES string of the molecule is C=CCC[C@H]1CC[C@H](CCc2ccc(-c3ccc(C#Cc4ccc(OC(F)C(F)(F)F)cc4)cc3)cc2)CC1. The predicted octanol–water partition coefficient (Wildman–Crippen LogP) is 9.70. The fourth-order valence-corrected chi connectivity index (χ4v) is 5.09. The minimum Gasteiger partial charge on any atom is -0.452 e. The first-order valence-electron chi connectivity index (χ1n) is 13.6. The van der Waals surface area contributed by atoms with Gasteiger partial charge in [0.1, 0.15) is 5.75 Å². The second-order valence-corrected chi connectivity index (χ2v) is 10.3. The maximum absolute atomic E-state index is 13.0. The Balaban J connectivity index is 1.26. The molecule has 1 fully saturated rings. The lowest BCUT2D eigenvalue weighted by Crippen LogP contribution is -2.29. The summed E-state index contributed by atoms with van der Waals surface area (Å²) >= 11 is 0. The lowest BCUT2D eigenvalue weighted by molar-refractivity contribution is -0.236. The van der Waals surface area contributed by atoms with E-state index in [1.165, 1.54) is 68.4 Å². The summed E-state index contributed by atoms with van der Waals surface area (Å²) in [5.41, 5.74) is 5.05. The van der Waals surface area contributed by atoms with Crippen molar-refractivity contribution in [3.63, 3.8) is 0 Å². The summed E-state index contributed by atoms with van der Waals surface area (Å²) in [5.74, 6) is 7.54. The molecule has 1 saturated carbocycles. The summed E-state index contributed by atoms with van der Waals surface area (Å²) in [6.45, 7) is 3.84. The van der Waals surface area contributed by atoms with E-state index in [0.29, 0.717) is 5.56 Å². The van der Waals surface area contributed by atoms with E-state index in [-0.39, 0.29) is 5.75 Å². The average molecular weight is 535 g/mol. The van der Waals surface area contributed by atoms with Gasteiger partial charge < -0.3 is 4.74 Å². The highest BCUT2D eigenvalue weighted by Gasteiger charge is 2.42. The third kappa shape index (κ3) is 8.75. The zero-order valence-corrected chi connectivity index (χ0v) is 22.0. The van der Waals surface area contributed by atoms with Crippen molar-refractivity contribution in [1.29, 1.82) is 0 Å². The first-order chi connectivity index (χ1) is 18.8. The maximum atomic E-state index is 13.0. The summed E-state index contributed by atoms with van der Waals surface area (Å²) in [6.07, 6.45) is 3.91. The molecule has 1 unspecified atom stereocenters. The summed E-state index contributed by atoms with van der Waals surface area (Å²) in [4.78, 5) is 0. The highest BCUT2D eigenvalue weighted by Crippen LogP contribution is 2.34. The standard InChI is InChI=1S/C34H34F4O/c1-2-3-4-25-5-7-26(8-6-25)9-10-27-13-19-30(20-14-27)31-21-15-28(16-22-31)11-12-29-17-23-32(24-18-29)39-33(35)34(36,37)38/h2,13-26,33H,1,3-10H2/t25-,26-,33?. The van der Waals surface area contributed by atoms with Crippen LogP contribution < -0.4 is 4.74 Å². The highest BCUT2D eigenvalue weighted by atomic mass is 19.4. The molecule has 0 bridgehead atoms. The van der Waals surface area contributed by atoms with Crippen LogP contribution >= 0.6 is 0 Å². The Kier molecular flexibility index (Phi) is 9.87. The molecular weight excluding hydrogens is 500 g/mol. The van der Waals surface area contributed by atoms with E-state index in [9.17, 15) is 17.6 Å². The number of halogens is 4. The summed E-state index contributed by atoms with van der Waals surface area (Å²) in [6, 6.07) is 22.3. The Labute approximate surface area is 228 Å². The molecule has 4 rings (SSSR count). The molecule has 0 aliphatic heterocycles. The molecule has 0 N–H and O–H groups in total. The van der Waals surface area contributed by atoms with Crippen LogP contribution in [0, 0.1) is 23.7 Å². The second-order valence-electron chi connectivity index (χ2n) is 10.3. The highest BCUT2D eigenvalue weighted by molar-refractivity contribution is 5.64. The molecule has 1 aliphatic carbocycles. The van der Waals surface area contributed by atoms with Gasteiger partial charge in [0.2, 0.25) is 0 Å². The third-order valence-corrected chi connectivity index (χ3v) is 7.46. The van der Waals surface area contributed by atoms with Gasteiger partial charge in [0.15, 0.2) is 0 Å². The normalized spacial score (nSPS) is 18.1. The molecule has 204 valence electrons. The Morgan fingerprint density at radius 3 is 1.77 bits per heavy atom. The van der Waals surface area contributed by atoms with Gasteiger partial charge in [-0.2, -0.15) is 17.6 Å². The van der Waals surface area contributed by atoms with Gasteiger partial charge in [-0.1, -0.05) is 80.0 Å². The van der Waals surface area contributed by atoms with Crippen molar-refractivity contribution in [3.8, 4) is 28.7 Å². The number of benzene rings is 3. The average Bonchev–Trinajstić information content (AvgIpc) is 2.95. The van der Waals surface area contributed by atoms with E-state index in [1.807, 2.05) is 30.3 Å². The smallest absolute Gasteiger partial charge is 0.452 e. The van der Waals surface area contributed by atoms with Crippen molar-refractivity contribution in [3.05, 3.63) is 102 Å². The number of alkyl halides is 4. The monoisotopic (exact) mass is 534 g/mol. The van der Waals surface area contributed by atoms with Gasteiger partial charge in [0.25, 0.3) is 0 Å². The number of allylic oxidation sites excluding steroid dienone is 1. The number of hydrogen-bond donors (Lipinski definition) is 0. The molecule has 3 aromatic carbocycles. The van der Waals surface area contributed by atoms with Gasteiger partial charge in [0.05, 0.1) is 0 Å². The van der Waals surface area contributed by atoms with E-state index in [1.54, 1.807) is 0 Å². The Bertz CT molecular complexity index is 1240. The van der Waals surface area contributed by atoms with E-state index in [4.69, 9.17) is 0 Å². The molecular formula is C34H34F4O. The van der Waals surface area contributed by atoms with Crippen molar-refractivity contribution in [1.82, 2.24) is 0 Å². The van der Waals surface area contributed by atoms with Crippen molar-refractivity contribution < 1.29 is 22.3 Å². The maximum Gasteiger partial charge on any atom is 0.457 e. The van der Waals surface area contributed by atoms with Crippen LogP contribution in [-0.4, -0.2) is 12.5 Å². The van der Waals surface area contributed by atoms with E-state index >= 15 is 0 Å². The van der Waals surface area contributed by atoms with Crippen LogP contribution in [0.4, 0.5) is 17.6 Å². The quantitative estimate of drug-likeness (QED) is 0.151. The van der Waals surface area contributed by atoms with Crippen molar-refractivity contribution in [2.75, 3.05) is 0 Å². The van der Waals surface area contributed by atoms with E-state index in [2.05, 4.69) is 47.4 Å². The number of rotatable bonds is 9. The first kappa shape index (κ1) is 28.5. The van der Waals surface area contributed by atoms with Crippen LogP contribution in [0.3, 0.4) is 0 Å². The van der Waals surface area contributed by atoms with Gasteiger partial charge >= 0.3 is 12.5 Å². The second kappa shape index (κ2) is 13.5. The fraction of sp³-hybridized carbons (Fsp3) is 0.353. The Morgan fingerprint density at radius 2 is 1.26 bits per heavy atom. The summed E-state index contributed by atoms with van der Waals surface area (Å²) in [7, 11) is 0. The van der Waals surface area contributed by atoms with Gasteiger partial charge in [-0.15, -0.1) is 6.58 Å². The van der Waals surface area contributed by atoms with Crippen molar-refractivity contribution in [2.45, 2.75) is 63.9 Å². The lowest BCUT2D eigenvalue weighted by Gasteiger charge is -2.28. The number of aryl methyl sites for hydroxylation is 1. The van der Waals surface area contributed by atoms with Gasteiger partial charge in [-0.25, -0.2) is 0 Å². The first-order valence-corrected chi connectivity index (χ1v) is 13.6. The molecule has 1 aliphatic rings. The zero-order valence-electron chi connectivity index (χ0n) is 22.0. The molecule has 1 nitrogen and oxygen atoms in total. The zero-order chi connectivity index (χ0) is 27.7. The summed E-state index contributed by atoms with van der Waals surface area (Å²) in [5, 5.41) is 0. The topological polar surface area (TPSA) is 9.23 Å². The third-order valence-electron chi connectivity index (χ3n) is 7.46. The Morgan fingerprint density at radius 1 is 0.769 bits per heavy atom. The van der Waals surface area contributed by atoms with E-state index < -0.39 is 12.5 Å². The molecule has 39 heavy (non-hydrogen) atoms. The molecule has 0 amide bonds. The molecule has 0 spiro atoms. The lowest BCUT2D eigenvalue weighted by atomic mass is 9.78. The Hall–Kier alpha value is -3.52. The van der Waals surface area contributed by atoms with Crippen LogP contribution in [-0.2, 0) is 6.42 Å². The van der Waals surface area contributed by atoms with Gasteiger partial charge in [0, 0.05) is 11.1 Å². The van der Waals surface area contributed by atoms with Gasteiger partial charge in [-0.05, 0) is 90.6 Å². The molecule has 0 aromatic heterocycles. The largest absolute Gasteiger partial charge is 0.457 e. The van der Waals surface area contributed by atoms with Crippen LogP contribution in [0.15, 0.2) is 85.5 Å². The van der Waals surface area contributed by atoms with Crippen LogP contribution in [0.2, 0.25) is 0 Å². The molecule has 0 saturated heterocycles. The molecule has 5 heteroatoms. The minimum atomic E-state index is -5.06. The molecule has 3 aromatic rings. The van der Waals surface area contributed by atoms with Crippen LogP contribution in [0.25, 0.3) is 11.1 Å². The van der Waals surface area contributed by atoms with Gasteiger partial charge in [-0.3, -0.25) is 0 Å².